The zero-order valence-electron chi connectivity index (χ0n) is 15.2. The highest BCUT2D eigenvalue weighted by Crippen LogP contribution is 2.21. The van der Waals surface area contributed by atoms with Crippen LogP contribution in [0.1, 0.15) is 17.7 Å². The van der Waals surface area contributed by atoms with E-state index in [0.29, 0.717) is 24.0 Å². The fourth-order valence-corrected chi connectivity index (χ4v) is 4.14. The van der Waals surface area contributed by atoms with Gasteiger partial charge >= 0.3 is 0 Å². The normalized spacial score (nSPS) is 11.4. The SMILES string of the molecule is Cc1ccc2cccc(NC(=O)CS(=O)(=O)CCCc3ccccc3)c2n1. The lowest BCUT2D eigenvalue weighted by molar-refractivity contribution is -0.113. The van der Waals surface area contributed by atoms with Crippen molar-refractivity contribution in [2.45, 2.75) is 19.8 Å². The third kappa shape index (κ3) is 5.37. The Bertz CT molecular complexity index is 1050. The van der Waals surface area contributed by atoms with Crippen LogP contribution in [0.5, 0.6) is 0 Å². The Hall–Kier alpha value is -2.73. The summed E-state index contributed by atoms with van der Waals surface area (Å²) in [5.41, 5.74) is 3.11. The van der Waals surface area contributed by atoms with Gasteiger partial charge in [-0.3, -0.25) is 9.78 Å². The maximum absolute atomic E-state index is 12.3. The fraction of sp³-hybridized carbons (Fsp3) is 0.238. The second kappa shape index (κ2) is 8.31. The molecule has 27 heavy (non-hydrogen) atoms. The number of carbonyl (C=O) groups is 1. The van der Waals surface area contributed by atoms with Gasteiger partial charge in [-0.2, -0.15) is 0 Å². The molecule has 0 fully saturated rings. The fourth-order valence-electron chi connectivity index (χ4n) is 2.94. The van der Waals surface area contributed by atoms with Crippen molar-refractivity contribution in [3.05, 3.63) is 71.9 Å². The van der Waals surface area contributed by atoms with E-state index >= 15 is 0 Å². The lowest BCUT2D eigenvalue weighted by Gasteiger charge is -2.09. The second-order valence-electron chi connectivity index (χ2n) is 6.56. The smallest absolute Gasteiger partial charge is 0.239 e. The van der Waals surface area contributed by atoms with E-state index in [9.17, 15) is 13.2 Å². The number of nitrogens with zero attached hydrogens (tertiary/aromatic N) is 1. The van der Waals surface area contributed by atoms with E-state index in [1.165, 1.54) is 0 Å². The molecule has 6 heteroatoms. The minimum absolute atomic E-state index is 0.0117. The molecule has 0 aliphatic carbocycles. The van der Waals surface area contributed by atoms with Gasteiger partial charge < -0.3 is 5.32 Å². The van der Waals surface area contributed by atoms with Crippen LogP contribution in [-0.2, 0) is 21.1 Å². The zero-order chi connectivity index (χ0) is 19.3. The molecule has 140 valence electrons. The Morgan fingerprint density at radius 3 is 2.56 bits per heavy atom. The molecule has 1 heterocycles. The van der Waals surface area contributed by atoms with Crippen LogP contribution in [0, 0.1) is 6.92 Å². The first-order valence-corrected chi connectivity index (χ1v) is 10.7. The van der Waals surface area contributed by atoms with Crippen molar-refractivity contribution in [1.82, 2.24) is 4.98 Å². The van der Waals surface area contributed by atoms with Crippen LogP contribution < -0.4 is 5.32 Å². The van der Waals surface area contributed by atoms with Crippen LogP contribution in [-0.4, -0.2) is 30.8 Å². The molecule has 5 nitrogen and oxygen atoms in total. The van der Waals surface area contributed by atoms with Crippen molar-refractivity contribution < 1.29 is 13.2 Å². The number of para-hydroxylation sites is 1. The quantitative estimate of drug-likeness (QED) is 0.678. The average molecular weight is 382 g/mol. The number of amides is 1. The van der Waals surface area contributed by atoms with E-state index in [2.05, 4.69) is 10.3 Å². The average Bonchev–Trinajstić information content (AvgIpc) is 2.62. The van der Waals surface area contributed by atoms with Gasteiger partial charge in [0.1, 0.15) is 5.75 Å². The van der Waals surface area contributed by atoms with Gasteiger partial charge in [-0.1, -0.05) is 48.5 Å². The summed E-state index contributed by atoms with van der Waals surface area (Å²) in [6.07, 6.45) is 1.17. The highest BCUT2D eigenvalue weighted by molar-refractivity contribution is 7.92. The van der Waals surface area contributed by atoms with E-state index in [-0.39, 0.29) is 5.75 Å². The van der Waals surface area contributed by atoms with Crippen LogP contribution in [0.4, 0.5) is 5.69 Å². The maximum atomic E-state index is 12.3. The molecule has 0 atom stereocenters. The number of hydrogen-bond acceptors (Lipinski definition) is 4. The van der Waals surface area contributed by atoms with E-state index in [1.807, 2.05) is 61.5 Å². The van der Waals surface area contributed by atoms with E-state index < -0.39 is 21.5 Å². The molecule has 1 N–H and O–H groups in total. The van der Waals surface area contributed by atoms with Gasteiger partial charge in [-0.15, -0.1) is 0 Å². The lowest BCUT2D eigenvalue weighted by Crippen LogP contribution is -2.25. The molecule has 2 aromatic carbocycles. The number of aromatic nitrogens is 1. The first kappa shape index (κ1) is 19.0. The van der Waals surface area contributed by atoms with E-state index in [4.69, 9.17) is 0 Å². The largest absolute Gasteiger partial charge is 0.323 e. The summed E-state index contributed by atoms with van der Waals surface area (Å²) >= 11 is 0. The number of rotatable bonds is 7. The maximum Gasteiger partial charge on any atom is 0.239 e. The molecule has 0 saturated heterocycles. The van der Waals surface area contributed by atoms with Crippen LogP contribution in [0.25, 0.3) is 10.9 Å². The Kier molecular flexibility index (Phi) is 5.86. The molecule has 1 aromatic heterocycles. The Balaban J connectivity index is 1.61. The minimum atomic E-state index is -3.46. The lowest BCUT2D eigenvalue weighted by atomic mass is 10.1. The van der Waals surface area contributed by atoms with Gasteiger partial charge in [-0.25, -0.2) is 8.42 Å². The second-order valence-corrected chi connectivity index (χ2v) is 8.74. The molecule has 3 aromatic rings. The monoisotopic (exact) mass is 382 g/mol. The molecule has 1 amide bonds. The topological polar surface area (TPSA) is 76.1 Å². The highest BCUT2D eigenvalue weighted by Gasteiger charge is 2.17. The summed E-state index contributed by atoms with van der Waals surface area (Å²) in [6, 6.07) is 19.0. The van der Waals surface area contributed by atoms with Crippen LogP contribution in [0.2, 0.25) is 0 Å². The molecule has 0 saturated carbocycles. The molecule has 3 rings (SSSR count). The van der Waals surface area contributed by atoms with Gasteiger partial charge in [0, 0.05) is 11.1 Å². The van der Waals surface area contributed by atoms with Crippen LogP contribution in [0.3, 0.4) is 0 Å². The Morgan fingerprint density at radius 1 is 1.00 bits per heavy atom. The van der Waals surface area contributed by atoms with Crippen LogP contribution in [0.15, 0.2) is 60.7 Å². The van der Waals surface area contributed by atoms with E-state index in [1.54, 1.807) is 6.07 Å². The predicted molar refractivity (Wildman–Crippen MR) is 109 cm³/mol. The minimum Gasteiger partial charge on any atom is -0.323 e. The number of fused-ring (bicyclic) bond motifs is 1. The summed E-state index contributed by atoms with van der Waals surface area (Å²) < 4.78 is 24.5. The summed E-state index contributed by atoms with van der Waals surface area (Å²) in [5.74, 6) is -1.07. The molecule has 0 bridgehead atoms. The number of hydrogen-bond donors (Lipinski definition) is 1. The Morgan fingerprint density at radius 2 is 1.78 bits per heavy atom. The van der Waals surface area contributed by atoms with Crippen molar-refractivity contribution in [2.24, 2.45) is 0 Å². The Labute approximate surface area is 159 Å². The standard InChI is InChI=1S/C21H22N2O3S/c1-16-12-13-18-10-5-11-19(21(18)22-16)23-20(24)15-27(25,26)14-6-9-17-7-3-2-4-8-17/h2-5,7-8,10-13H,6,9,14-15H2,1H3,(H,23,24). The summed E-state index contributed by atoms with van der Waals surface area (Å²) in [4.78, 5) is 16.7. The van der Waals surface area contributed by atoms with Gasteiger partial charge in [0.2, 0.25) is 5.91 Å². The number of benzene rings is 2. The highest BCUT2D eigenvalue weighted by atomic mass is 32.2. The molecule has 0 aliphatic heterocycles. The van der Waals surface area contributed by atoms with Crippen molar-refractivity contribution >= 4 is 32.3 Å². The van der Waals surface area contributed by atoms with Crippen molar-refractivity contribution in [3.8, 4) is 0 Å². The van der Waals surface area contributed by atoms with Gasteiger partial charge in [0.15, 0.2) is 9.84 Å². The summed E-state index contributed by atoms with van der Waals surface area (Å²) in [6.45, 7) is 1.87. The molecule has 0 spiro atoms. The number of nitrogens with one attached hydrogen (secondary N) is 1. The summed E-state index contributed by atoms with van der Waals surface area (Å²) in [5, 5.41) is 3.59. The molecule has 0 radical (unpaired) electrons. The molecule has 0 aliphatic rings. The number of sulfone groups is 1. The first-order chi connectivity index (χ1) is 12.9. The molecule has 0 unspecified atom stereocenters. The number of anilines is 1. The predicted octanol–water partition coefficient (Wildman–Crippen LogP) is 3.53. The third-order valence-corrected chi connectivity index (χ3v) is 5.86. The number of aryl methyl sites for hydroxylation is 2. The van der Waals surface area contributed by atoms with Crippen molar-refractivity contribution in [3.63, 3.8) is 0 Å². The van der Waals surface area contributed by atoms with Crippen molar-refractivity contribution in [1.29, 1.82) is 0 Å². The van der Waals surface area contributed by atoms with Gasteiger partial charge in [0.05, 0.1) is 17.0 Å². The first-order valence-electron chi connectivity index (χ1n) is 8.83. The van der Waals surface area contributed by atoms with Gasteiger partial charge in [0.25, 0.3) is 0 Å². The van der Waals surface area contributed by atoms with Crippen molar-refractivity contribution in [2.75, 3.05) is 16.8 Å². The third-order valence-electron chi connectivity index (χ3n) is 4.25. The molecular weight excluding hydrogens is 360 g/mol. The van der Waals surface area contributed by atoms with Gasteiger partial charge in [-0.05, 0) is 37.5 Å². The van der Waals surface area contributed by atoms with E-state index in [0.717, 1.165) is 16.6 Å². The summed E-state index contributed by atoms with van der Waals surface area (Å²) in [7, 11) is -3.46. The zero-order valence-corrected chi connectivity index (χ0v) is 16.0. The number of pyridine rings is 1. The van der Waals surface area contributed by atoms with Crippen LogP contribution >= 0.6 is 0 Å². The molecular formula is C21H22N2O3S. The number of carbonyl (C=O) groups excluding carboxylic acids is 1.